The number of halogens is 3. The predicted octanol–water partition coefficient (Wildman–Crippen LogP) is 2.78. The fourth-order valence-corrected chi connectivity index (χ4v) is 1.74. The lowest BCUT2D eigenvalue weighted by atomic mass is 10.2. The Hall–Kier alpha value is -2.44. The number of rotatable bonds is 3. The highest BCUT2D eigenvalue weighted by Gasteiger charge is 2.31. The average Bonchev–Trinajstić information content (AvgIpc) is 2.46. The quantitative estimate of drug-likeness (QED) is 0.874. The zero-order chi connectivity index (χ0) is 15.5. The minimum Gasteiger partial charge on any atom is -0.333 e. The summed E-state index contributed by atoms with van der Waals surface area (Å²) in [4.78, 5) is 20.4. The molecular weight excluding hydrogens is 283 g/mol. The van der Waals surface area contributed by atoms with Gasteiger partial charge in [-0.05, 0) is 0 Å². The van der Waals surface area contributed by atoms with Gasteiger partial charge in [-0.3, -0.25) is 4.79 Å². The SMILES string of the molecule is CN(CC(F)(F)F)C(=O)c1cnc(-c2ccccc2)nc1. The zero-order valence-electron chi connectivity index (χ0n) is 11.1. The Labute approximate surface area is 119 Å². The van der Waals surface area contributed by atoms with Gasteiger partial charge < -0.3 is 4.90 Å². The molecule has 7 heteroatoms. The van der Waals surface area contributed by atoms with Crippen molar-refractivity contribution in [2.75, 3.05) is 13.6 Å². The van der Waals surface area contributed by atoms with Crippen molar-refractivity contribution >= 4 is 5.91 Å². The molecule has 1 amide bonds. The van der Waals surface area contributed by atoms with E-state index in [2.05, 4.69) is 9.97 Å². The maximum absolute atomic E-state index is 12.2. The summed E-state index contributed by atoms with van der Waals surface area (Å²) in [6.07, 6.45) is -1.98. The molecule has 0 aliphatic heterocycles. The maximum atomic E-state index is 12.2. The smallest absolute Gasteiger partial charge is 0.333 e. The Morgan fingerprint density at radius 1 is 1.14 bits per heavy atom. The van der Waals surface area contributed by atoms with Crippen LogP contribution in [0.25, 0.3) is 11.4 Å². The van der Waals surface area contributed by atoms with Crippen LogP contribution in [0.1, 0.15) is 10.4 Å². The minimum absolute atomic E-state index is 0.0152. The molecule has 0 N–H and O–H groups in total. The van der Waals surface area contributed by atoms with Crippen LogP contribution in [0, 0.1) is 0 Å². The van der Waals surface area contributed by atoms with Crippen molar-refractivity contribution < 1.29 is 18.0 Å². The Balaban J connectivity index is 2.14. The van der Waals surface area contributed by atoms with E-state index in [0.717, 1.165) is 12.6 Å². The second-order valence-corrected chi connectivity index (χ2v) is 4.44. The molecule has 0 unspecified atom stereocenters. The lowest BCUT2D eigenvalue weighted by molar-refractivity contribution is -0.138. The van der Waals surface area contributed by atoms with E-state index in [0.29, 0.717) is 10.7 Å². The largest absolute Gasteiger partial charge is 0.406 e. The second kappa shape index (κ2) is 5.90. The normalized spacial score (nSPS) is 11.2. The molecule has 0 atom stereocenters. The molecule has 0 aliphatic rings. The number of alkyl halides is 3. The van der Waals surface area contributed by atoms with E-state index in [-0.39, 0.29) is 5.56 Å². The van der Waals surface area contributed by atoms with E-state index < -0.39 is 18.6 Å². The number of carbonyl (C=O) groups is 1. The molecule has 2 rings (SSSR count). The topological polar surface area (TPSA) is 46.1 Å². The summed E-state index contributed by atoms with van der Waals surface area (Å²) in [5, 5.41) is 0. The second-order valence-electron chi connectivity index (χ2n) is 4.44. The molecular formula is C14H12F3N3O. The molecule has 1 heterocycles. The number of hydrogen-bond acceptors (Lipinski definition) is 3. The van der Waals surface area contributed by atoms with E-state index in [1.54, 1.807) is 12.1 Å². The van der Waals surface area contributed by atoms with E-state index in [4.69, 9.17) is 0 Å². The van der Waals surface area contributed by atoms with E-state index in [9.17, 15) is 18.0 Å². The first-order valence-corrected chi connectivity index (χ1v) is 6.06. The van der Waals surface area contributed by atoms with Gasteiger partial charge in [0.1, 0.15) is 6.54 Å². The van der Waals surface area contributed by atoms with Crippen molar-refractivity contribution in [3.8, 4) is 11.4 Å². The molecule has 110 valence electrons. The summed E-state index contributed by atoms with van der Waals surface area (Å²) < 4.78 is 36.7. The molecule has 4 nitrogen and oxygen atoms in total. The Bertz CT molecular complexity index is 612. The average molecular weight is 295 g/mol. The van der Waals surface area contributed by atoms with E-state index in [1.165, 1.54) is 12.4 Å². The zero-order valence-corrected chi connectivity index (χ0v) is 11.1. The third-order valence-corrected chi connectivity index (χ3v) is 2.69. The van der Waals surface area contributed by atoms with Gasteiger partial charge in [-0.15, -0.1) is 0 Å². The summed E-state index contributed by atoms with van der Waals surface area (Å²) in [7, 11) is 1.08. The molecule has 2 aromatic rings. The molecule has 1 aromatic carbocycles. The highest BCUT2D eigenvalue weighted by atomic mass is 19.4. The highest BCUT2D eigenvalue weighted by Crippen LogP contribution is 2.17. The maximum Gasteiger partial charge on any atom is 0.406 e. The Morgan fingerprint density at radius 3 is 2.24 bits per heavy atom. The highest BCUT2D eigenvalue weighted by molar-refractivity contribution is 5.93. The van der Waals surface area contributed by atoms with Gasteiger partial charge >= 0.3 is 6.18 Å². The summed E-state index contributed by atoms with van der Waals surface area (Å²) in [6, 6.07) is 9.07. The number of amides is 1. The Morgan fingerprint density at radius 2 is 1.71 bits per heavy atom. The van der Waals surface area contributed by atoms with Crippen LogP contribution in [0.4, 0.5) is 13.2 Å². The molecule has 0 bridgehead atoms. The van der Waals surface area contributed by atoms with Crippen molar-refractivity contribution in [1.82, 2.24) is 14.9 Å². The molecule has 0 radical (unpaired) electrons. The number of hydrogen-bond donors (Lipinski definition) is 0. The van der Waals surface area contributed by atoms with Gasteiger partial charge in [-0.2, -0.15) is 13.2 Å². The van der Waals surface area contributed by atoms with Gasteiger partial charge in [-0.25, -0.2) is 9.97 Å². The number of benzene rings is 1. The van der Waals surface area contributed by atoms with Crippen LogP contribution in [0.15, 0.2) is 42.7 Å². The molecule has 0 saturated heterocycles. The van der Waals surface area contributed by atoms with Gasteiger partial charge in [-0.1, -0.05) is 30.3 Å². The Kier molecular flexibility index (Phi) is 4.21. The fraction of sp³-hybridized carbons (Fsp3) is 0.214. The molecule has 0 fully saturated rings. The van der Waals surface area contributed by atoms with E-state index >= 15 is 0 Å². The first kappa shape index (κ1) is 15.0. The monoisotopic (exact) mass is 295 g/mol. The van der Waals surface area contributed by atoms with Crippen LogP contribution in [0.2, 0.25) is 0 Å². The van der Waals surface area contributed by atoms with Gasteiger partial charge in [0.05, 0.1) is 5.56 Å². The lowest BCUT2D eigenvalue weighted by Crippen LogP contribution is -2.35. The third-order valence-electron chi connectivity index (χ3n) is 2.69. The first-order chi connectivity index (χ1) is 9.87. The van der Waals surface area contributed by atoms with Crippen LogP contribution in [-0.2, 0) is 0 Å². The lowest BCUT2D eigenvalue weighted by Gasteiger charge is -2.18. The van der Waals surface area contributed by atoms with Crippen LogP contribution in [0.3, 0.4) is 0 Å². The fourth-order valence-electron chi connectivity index (χ4n) is 1.74. The van der Waals surface area contributed by atoms with Gasteiger partial charge in [0.25, 0.3) is 5.91 Å². The summed E-state index contributed by atoms with van der Waals surface area (Å²) in [5.41, 5.74) is 0.779. The van der Waals surface area contributed by atoms with Crippen molar-refractivity contribution in [3.63, 3.8) is 0 Å². The number of aromatic nitrogens is 2. The molecule has 1 aromatic heterocycles. The van der Waals surface area contributed by atoms with Gasteiger partial charge in [0, 0.05) is 25.0 Å². The van der Waals surface area contributed by atoms with Crippen molar-refractivity contribution in [3.05, 3.63) is 48.3 Å². The molecule has 0 aliphatic carbocycles. The summed E-state index contributed by atoms with van der Waals surface area (Å²) in [6.45, 7) is -1.31. The first-order valence-electron chi connectivity index (χ1n) is 6.06. The standard InChI is InChI=1S/C14H12F3N3O/c1-20(9-14(15,16)17)13(21)11-7-18-12(19-8-11)10-5-3-2-4-6-10/h2-8H,9H2,1H3. The minimum atomic E-state index is -4.44. The van der Waals surface area contributed by atoms with Crippen molar-refractivity contribution in [2.45, 2.75) is 6.18 Å². The molecule has 0 spiro atoms. The number of carbonyl (C=O) groups excluding carboxylic acids is 1. The number of nitrogens with zero attached hydrogens (tertiary/aromatic N) is 3. The van der Waals surface area contributed by atoms with Crippen LogP contribution in [-0.4, -0.2) is 40.5 Å². The van der Waals surface area contributed by atoms with Gasteiger partial charge in [0.15, 0.2) is 5.82 Å². The van der Waals surface area contributed by atoms with E-state index in [1.807, 2.05) is 18.2 Å². The molecule has 0 saturated carbocycles. The van der Waals surface area contributed by atoms with Crippen LogP contribution >= 0.6 is 0 Å². The summed E-state index contributed by atoms with van der Waals surface area (Å²) >= 11 is 0. The van der Waals surface area contributed by atoms with Crippen molar-refractivity contribution in [2.24, 2.45) is 0 Å². The third kappa shape index (κ3) is 4.01. The van der Waals surface area contributed by atoms with Crippen molar-refractivity contribution in [1.29, 1.82) is 0 Å². The summed E-state index contributed by atoms with van der Waals surface area (Å²) in [5.74, 6) is -0.363. The van der Waals surface area contributed by atoms with Gasteiger partial charge in [0.2, 0.25) is 0 Å². The molecule has 21 heavy (non-hydrogen) atoms. The van der Waals surface area contributed by atoms with Crippen LogP contribution < -0.4 is 0 Å². The van der Waals surface area contributed by atoms with Crippen LogP contribution in [0.5, 0.6) is 0 Å². The predicted molar refractivity (Wildman–Crippen MR) is 70.5 cm³/mol.